The third kappa shape index (κ3) is 1.93. The highest BCUT2D eigenvalue weighted by molar-refractivity contribution is 7.99. The molecule has 0 amide bonds. The highest BCUT2D eigenvalue weighted by Crippen LogP contribution is 2.39. The molecular weight excluding hydrogens is 220 g/mol. The molecule has 4 heteroatoms. The SMILES string of the molecule is CCSc1cc2c(cc1Cl)OCCO2. The predicted molar refractivity (Wildman–Crippen MR) is 58.8 cm³/mol. The van der Waals surface area contributed by atoms with Crippen molar-refractivity contribution in [2.24, 2.45) is 0 Å². The number of benzene rings is 1. The third-order valence-corrected chi connectivity index (χ3v) is 3.26. The molecule has 1 aromatic rings. The van der Waals surface area contributed by atoms with Crippen molar-refractivity contribution in [3.8, 4) is 11.5 Å². The normalized spacial score (nSPS) is 14.1. The van der Waals surface area contributed by atoms with Crippen LogP contribution in [0.1, 0.15) is 6.92 Å². The number of thioether (sulfide) groups is 1. The van der Waals surface area contributed by atoms with Crippen LogP contribution < -0.4 is 9.47 Å². The summed E-state index contributed by atoms with van der Waals surface area (Å²) in [5.41, 5.74) is 0. The van der Waals surface area contributed by atoms with Crippen molar-refractivity contribution in [1.29, 1.82) is 0 Å². The molecule has 0 aromatic heterocycles. The van der Waals surface area contributed by atoms with Gasteiger partial charge in [0.05, 0.1) is 5.02 Å². The maximum Gasteiger partial charge on any atom is 0.162 e. The summed E-state index contributed by atoms with van der Waals surface area (Å²) in [6, 6.07) is 3.78. The van der Waals surface area contributed by atoms with Crippen molar-refractivity contribution >= 4 is 23.4 Å². The van der Waals surface area contributed by atoms with Crippen molar-refractivity contribution in [3.63, 3.8) is 0 Å². The van der Waals surface area contributed by atoms with Crippen LogP contribution in [0.2, 0.25) is 5.02 Å². The third-order valence-electron chi connectivity index (χ3n) is 1.90. The van der Waals surface area contributed by atoms with Gasteiger partial charge in [-0.25, -0.2) is 0 Å². The van der Waals surface area contributed by atoms with Crippen molar-refractivity contribution in [2.45, 2.75) is 11.8 Å². The molecule has 0 saturated heterocycles. The zero-order chi connectivity index (χ0) is 9.97. The summed E-state index contributed by atoms with van der Waals surface area (Å²) in [7, 11) is 0. The average molecular weight is 231 g/mol. The first-order chi connectivity index (χ1) is 6.81. The van der Waals surface area contributed by atoms with Crippen LogP contribution >= 0.6 is 23.4 Å². The lowest BCUT2D eigenvalue weighted by Gasteiger charge is -2.19. The number of ether oxygens (including phenoxy) is 2. The lowest BCUT2D eigenvalue weighted by molar-refractivity contribution is 0.171. The van der Waals surface area contributed by atoms with Gasteiger partial charge in [-0.1, -0.05) is 18.5 Å². The van der Waals surface area contributed by atoms with E-state index in [-0.39, 0.29) is 0 Å². The Morgan fingerprint density at radius 3 is 2.57 bits per heavy atom. The Hall–Kier alpha value is -0.540. The smallest absolute Gasteiger partial charge is 0.162 e. The van der Waals surface area contributed by atoms with E-state index in [1.165, 1.54) is 0 Å². The van der Waals surface area contributed by atoms with E-state index in [1.807, 2.05) is 12.1 Å². The summed E-state index contributed by atoms with van der Waals surface area (Å²) in [6.07, 6.45) is 0. The zero-order valence-corrected chi connectivity index (χ0v) is 9.45. The number of rotatable bonds is 2. The van der Waals surface area contributed by atoms with E-state index in [1.54, 1.807) is 11.8 Å². The average Bonchev–Trinajstić information content (AvgIpc) is 2.19. The van der Waals surface area contributed by atoms with Crippen molar-refractivity contribution in [3.05, 3.63) is 17.2 Å². The Labute approximate surface area is 92.5 Å². The molecule has 0 atom stereocenters. The quantitative estimate of drug-likeness (QED) is 0.727. The second-order valence-electron chi connectivity index (χ2n) is 2.86. The van der Waals surface area contributed by atoms with E-state index in [4.69, 9.17) is 21.1 Å². The van der Waals surface area contributed by atoms with Crippen LogP contribution in [0, 0.1) is 0 Å². The molecule has 14 heavy (non-hydrogen) atoms. The minimum atomic E-state index is 0.601. The fourth-order valence-electron chi connectivity index (χ4n) is 1.31. The first-order valence-corrected chi connectivity index (χ1v) is 5.89. The van der Waals surface area contributed by atoms with Crippen LogP contribution in [0.5, 0.6) is 11.5 Å². The van der Waals surface area contributed by atoms with E-state index < -0.39 is 0 Å². The van der Waals surface area contributed by atoms with Crippen molar-refractivity contribution in [2.75, 3.05) is 19.0 Å². The van der Waals surface area contributed by atoms with E-state index in [9.17, 15) is 0 Å². The zero-order valence-electron chi connectivity index (χ0n) is 7.88. The maximum absolute atomic E-state index is 6.08. The lowest BCUT2D eigenvalue weighted by Crippen LogP contribution is -2.15. The molecule has 2 nitrogen and oxygen atoms in total. The molecule has 1 aromatic carbocycles. The molecule has 0 radical (unpaired) electrons. The second-order valence-corrected chi connectivity index (χ2v) is 4.57. The number of fused-ring (bicyclic) bond motifs is 1. The molecular formula is C10H11ClO2S. The van der Waals surface area contributed by atoms with Crippen LogP contribution in [0.3, 0.4) is 0 Å². The predicted octanol–water partition coefficient (Wildman–Crippen LogP) is 3.22. The van der Waals surface area contributed by atoms with Gasteiger partial charge in [-0.2, -0.15) is 0 Å². The molecule has 1 aliphatic rings. The van der Waals surface area contributed by atoms with E-state index in [0.717, 1.165) is 27.2 Å². The van der Waals surface area contributed by atoms with Crippen molar-refractivity contribution in [1.82, 2.24) is 0 Å². The Balaban J connectivity index is 2.35. The largest absolute Gasteiger partial charge is 0.486 e. The Bertz CT molecular complexity index is 341. The molecule has 0 bridgehead atoms. The van der Waals surface area contributed by atoms with Crippen LogP contribution in [-0.4, -0.2) is 19.0 Å². The van der Waals surface area contributed by atoms with Gasteiger partial charge >= 0.3 is 0 Å². The number of hydrogen-bond acceptors (Lipinski definition) is 3. The maximum atomic E-state index is 6.08. The molecule has 0 unspecified atom stereocenters. The van der Waals surface area contributed by atoms with Crippen LogP contribution in [0.4, 0.5) is 0 Å². The van der Waals surface area contributed by atoms with Crippen LogP contribution in [-0.2, 0) is 0 Å². The van der Waals surface area contributed by atoms with Crippen LogP contribution in [0.25, 0.3) is 0 Å². The summed E-state index contributed by atoms with van der Waals surface area (Å²) in [6.45, 7) is 3.31. The Morgan fingerprint density at radius 2 is 1.93 bits per heavy atom. The number of halogens is 1. The fraction of sp³-hybridized carbons (Fsp3) is 0.400. The molecule has 1 aliphatic heterocycles. The van der Waals surface area contributed by atoms with Gasteiger partial charge in [0.25, 0.3) is 0 Å². The number of hydrogen-bond donors (Lipinski definition) is 0. The molecule has 0 N–H and O–H groups in total. The van der Waals surface area contributed by atoms with Gasteiger partial charge in [-0.15, -0.1) is 11.8 Å². The fourth-order valence-corrected chi connectivity index (χ4v) is 2.33. The minimum Gasteiger partial charge on any atom is -0.486 e. The molecule has 0 fully saturated rings. The van der Waals surface area contributed by atoms with Crippen LogP contribution in [0.15, 0.2) is 17.0 Å². The van der Waals surface area contributed by atoms with E-state index in [2.05, 4.69) is 6.92 Å². The van der Waals surface area contributed by atoms with Gasteiger partial charge in [0.15, 0.2) is 11.5 Å². The van der Waals surface area contributed by atoms with E-state index >= 15 is 0 Å². The highest BCUT2D eigenvalue weighted by atomic mass is 35.5. The van der Waals surface area contributed by atoms with Gasteiger partial charge in [0, 0.05) is 11.0 Å². The lowest BCUT2D eigenvalue weighted by atomic mass is 10.3. The summed E-state index contributed by atoms with van der Waals surface area (Å²) < 4.78 is 10.9. The van der Waals surface area contributed by atoms with Gasteiger partial charge in [0.1, 0.15) is 13.2 Å². The highest BCUT2D eigenvalue weighted by Gasteiger charge is 2.14. The van der Waals surface area contributed by atoms with Gasteiger partial charge in [-0.3, -0.25) is 0 Å². The second kappa shape index (κ2) is 4.32. The summed E-state index contributed by atoms with van der Waals surface area (Å²) in [5, 5.41) is 0.737. The molecule has 0 aliphatic carbocycles. The summed E-state index contributed by atoms with van der Waals surface area (Å²) in [5.74, 6) is 2.55. The summed E-state index contributed by atoms with van der Waals surface area (Å²) in [4.78, 5) is 1.05. The van der Waals surface area contributed by atoms with Gasteiger partial charge in [0.2, 0.25) is 0 Å². The van der Waals surface area contributed by atoms with E-state index in [0.29, 0.717) is 13.2 Å². The minimum absolute atomic E-state index is 0.601. The van der Waals surface area contributed by atoms with Gasteiger partial charge in [-0.05, 0) is 11.8 Å². The first kappa shape index (κ1) is 9.99. The topological polar surface area (TPSA) is 18.5 Å². The van der Waals surface area contributed by atoms with Gasteiger partial charge < -0.3 is 9.47 Å². The monoisotopic (exact) mass is 230 g/mol. The molecule has 76 valence electrons. The molecule has 1 heterocycles. The summed E-state index contributed by atoms with van der Waals surface area (Å²) >= 11 is 7.79. The Kier molecular flexibility index (Phi) is 3.08. The molecule has 0 saturated carbocycles. The Morgan fingerprint density at radius 1 is 1.29 bits per heavy atom. The molecule has 0 spiro atoms. The first-order valence-electron chi connectivity index (χ1n) is 4.53. The van der Waals surface area contributed by atoms with Crippen molar-refractivity contribution < 1.29 is 9.47 Å². The molecule has 2 rings (SSSR count). The standard InChI is InChI=1S/C10H11ClO2S/c1-2-14-10-6-9-8(5-7(10)11)12-3-4-13-9/h5-6H,2-4H2,1H3.